The molecular weight excluding hydrogens is 290 g/mol. The molecule has 0 unspecified atom stereocenters. The van der Waals surface area contributed by atoms with Crippen LogP contribution in [0.4, 0.5) is 5.69 Å². The van der Waals surface area contributed by atoms with E-state index in [0.29, 0.717) is 12.0 Å². The summed E-state index contributed by atoms with van der Waals surface area (Å²) in [5, 5.41) is 7.68. The van der Waals surface area contributed by atoms with E-state index in [1.54, 1.807) is 0 Å². The first-order valence-electron chi connectivity index (χ1n) is 6.21. The number of hydrogen-bond donors (Lipinski definition) is 1. The normalized spacial score (nSPS) is 22.6. The van der Waals surface area contributed by atoms with Crippen molar-refractivity contribution in [2.24, 2.45) is 7.05 Å². The van der Waals surface area contributed by atoms with Gasteiger partial charge in [-0.05, 0) is 36.5 Å². The van der Waals surface area contributed by atoms with Crippen molar-refractivity contribution in [2.75, 3.05) is 5.32 Å². The van der Waals surface area contributed by atoms with E-state index in [4.69, 9.17) is 0 Å². The van der Waals surface area contributed by atoms with Crippen LogP contribution in [0.1, 0.15) is 24.3 Å². The Balaban J connectivity index is 1.55. The van der Waals surface area contributed by atoms with Crippen molar-refractivity contribution in [3.05, 3.63) is 46.7 Å². The van der Waals surface area contributed by atoms with Gasteiger partial charge in [-0.3, -0.25) is 4.68 Å². The van der Waals surface area contributed by atoms with Gasteiger partial charge in [0.25, 0.3) is 0 Å². The highest BCUT2D eigenvalue weighted by atomic mass is 79.9. The fourth-order valence-electron chi connectivity index (χ4n) is 2.47. The Hall–Kier alpha value is -1.29. The summed E-state index contributed by atoms with van der Waals surface area (Å²) in [7, 11) is 1.94. The summed E-state index contributed by atoms with van der Waals surface area (Å²) in [4.78, 5) is 0. The van der Waals surface area contributed by atoms with E-state index in [2.05, 4.69) is 50.6 Å². The van der Waals surface area contributed by atoms with Gasteiger partial charge >= 0.3 is 0 Å². The second-order valence-corrected chi connectivity index (χ2v) is 5.88. The minimum absolute atomic E-state index is 0.586. The molecule has 3 rings (SSSR count). The van der Waals surface area contributed by atoms with Crippen LogP contribution < -0.4 is 5.32 Å². The van der Waals surface area contributed by atoms with Crippen molar-refractivity contribution < 1.29 is 0 Å². The van der Waals surface area contributed by atoms with Gasteiger partial charge in [-0.1, -0.05) is 28.1 Å². The first kappa shape index (κ1) is 11.8. The van der Waals surface area contributed by atoms with E-state index in [1.807, 2.05) is 24.1 Å². The molecule has 18 heavy (non-hydrogen) atoms. The monoisotopic (exact) mass is 305 g/mol. The molecule has 3 nitrogen and oxygen atoms in total. The van der Waals surface area contributed by atoms with Crippen LogP contribution in [0, 0.1) is 0 Å². The van der Waals surface area contributed by atoms with Gasteiger partial charge in [0.1, 0.15) is 0 Å². The Morgan fingerprint density at radius 2 is 2.00 bits per heavy atom. The molecule has 1 fully saturated rings. The molecule has 1 aliphatic rings. The molecule has 0 bridgehead atoms. The molecule has 0 aliphatic heterocycles. The van der Waals surface area contributed by atoms with Gasteiger partial charge < -0.3 is 5.32 Å². The molecule has 1 heterocycles. The van der Waals surface area contributed by atoms with E-state index >= 15 is 0 Å². The second kappa shape index (κ2) is 4.76. The molecule has 0 amide bonds. The maximum atomic E-state index is 4.16. The molecule has 0 saturated heterocycles. The van der Waals surface area contributed by atoms with Crippen LogP contribution in [0.25, 0.3) is 0 Å². The van der Waals surface area contributed by atoms with Crippen LogP contribution >= 0.6 is 15.9 Å². The number of nitrogens with one attached hydrogen (secondary N) is 1. The van der Waals surface area contributed by atoms with Crippen LogP contribution in [0.5, 0.6) is 0 Å². The number of anilines is 1. The van der Waals surface area contributed by atoms with E-state index in [1.165, 1.54) is 18.4 Å². The lowest BCUT2D eigenvalue weighted by atomic mass is 9.76. The van der Waals surface area contributed by atoms with Crippen molar-refractivity contribution in [1.82, 2.24) is 9.78 Å². The summed E-state index contributed by atoms with van der Waals surface area (Å²) < 4.78 is 2.98. The molecule has 2 aromatic rings. The molecule has 1 saturated carbocycles. The van der Waals surface area contributed by atoms with E-state index in [-0.39, 0.29) is 0 Å². The standard InChI is InChI=1S/C14H16BrN3/c1-18-9-14(8-16-18)17-13-6-11(7-13)10-2-4-12(15)5-3-10/h2-5,8-9,11,13,17H,6-7H2,1H3. The Morgan fingerprint density at radius 3 is 2.61 bits per heavy atom. The van der Waals surface area contributed by atoms with Gasteiger partial charge in [0.2, 0.25) is 0 Å². The maximum Gasteiger partial charge on any atom is 0.0728 e. The minimum atomic E-state index is 0.586. The summed E-state index contributed by atoms with van der Waals surface area (Å²) in [5.41, 5.74) is 2.57. The quantitative estimate of drug-likeness (QED) is 0.940. The van der Waals surface area contributed by atoms with Crippen LogP contribution in [-0.4, -0.2) is 15.8 Å². The summed E-state index contributed by atoms with van der Waals surface area (Å²) >= 11 is 3.47. The van der Waals surface area contributed by atoms with Crippen molar-refractivity contribution in [3.8, 4) is 0 Å². The first-order chi connectivity index (χ1) is 8.70. The highest BCUT2D eigenvalue weighted by Gasteiger charge is 2.30. The first-order valence-corrected chi connectivity index (χ1v) is 7.00. The zero-order valence-electron chi connectivity index (χ0n) is 10.3. The number of aromatic nitrogens is 2. The van der Waals surface area contributed by atoms with Crippen LogP contribution in [0.3, 0.4) is 0 Å². The number of nitrogens with zero attached hydrogens (tertiary/aromatic N) is 2. The fraction of sp³-hybridized carbons (Fsp3) is 0.357. The Bertz CT molecular complexity index is 526. The predicted octanol–water partition coefficient (Wildman–Crippen LogP) is 3.54. The average Bonchev–Trinajstić information content (AvgIpc) is 2.71. The third-order valence-corrected chi connectivity index (χ3v) is 4.08. The van der Waals surface area contributed by atoms with E-state index < -0.39 is 0 Å². The van der Waals surface area contributed by atoms with Crippen molar-refractivity contribution in [2.45, 2.75) is 24.8 Å². The number of halogens is 1. The number of rotatable bonds is 3. The average molecular weight is 306 g/mol. The zero-order chi connectivity index (χ0) is 12.5. The molecule has 1 N–H and O–H groups in total. The molecule has 0 radical (unpaired) electrons. The molecule has 0 spiro atoms. The molecule has 4 heteroatoms. The van der Waals surface area contributed by atoms with Gasteiger partial charge in [0.05, 0.1) is 11.9 Å². The van der Waals surface area contributed by atoms with Gasteiger partial charge in [-0.25, -0.2) is 0 Å². The largest absolute Gasteiger partial charge is 0.380 e. The third-order valence-electron chi connectivity index (χ3n) is 3.56. The third kappa shape index (κ3) is 2.43. The topological polar surface area (TPSA) is 29.9 Å². The van der Waals surface area contributed by atoms with Crippen LogP contribution in [0.2, 0.25) is 0 Å². The smallest absolute Gasteiger partial charge is 0.0728 e. The summed E-state index contributed by atoms with van der Waals surface area (Å²) in [5.74, 6) is 0.701. The lowest BCUT2D eigenvalue weighted by Crippen LogP contribution is -2.33. The highest BCUT2D eigenvalue weighted by molar-refractivity contribution is 9.10. The van der Waals surface area contributed by atoms with Gasteiger partial charge in [0, 0.05) is 23.8 Å². The Morgan fingerprint density at radius 1 is 1.28 bits per heavy atom. The van der Waals surface area contributed by atoms with Crippen molar-refractivity contribution >= 4 is 21.6 Å². The molecule has 94 valence electrons. The van der Waals surface area contributed by atoms with Crippen LogP contribution in [0.15, 0.2) is 41.1 Å². The number of aryl methyl sites for hydroxylation is 1. The van der Waals surface area contributed by atoms with Crippen molar-refractivity contribution in [1.29, 1.82) is 0 Å². The Kier molecular flexibility index (Phi) is 3.12. The fourth-order valence-corrected chi connectivity index (χ4v) is 2.74. The van der Waals surface area contributed by atoms with E-state index in [9.17, 15) is 0 Å². The zero-order valence-corrected chi connectivity index (χ0v) is 11.9. The molecule has 1 aromatic heterocycles. The minimum Gasteiger partial charge on any atom is -0.380 e. The Labute approximate surface area is 115 Å². The molecule has 0 atom stereocenters. The summed E-state index contributed by atoms with van der Waals surface area (Å²) in [6.45, 7) is 0. The van der Waals surface area contributed by atoms with Gasteiger partial charge in [0.15, 0.2) is 0 Å². The molecule has 1 aromatic carbocycles. The number of benzene rings is 1. The van der Waals surface area contributed by atoms with Crippen molar-refractivity contribution in [3.63, 3.8) is 0 Å². The van der Waals surface area contributed by atoms with E-state index in [0.717, 1.165) is 10.2 Å². The SMILES string of the molecule is Cn1cc(NC2CC(c3ccc(Br)cc3)C2)cn1. The summed E-state index contributed by atoms with van der Waals surface area (Å²) in [6, 6.07) is 9.27. The summed E-state index contributed by atoms with van der Waals surface area (Å²) in [6.07, 6.45) is 6.31. The maximum absolute atomic E-state index is 4.16. The molecular formula is C14H16BrN3. The van der Waals surface area contributed by atoms with Crippen LogP contribution in [-0.2, 0) is 7.05 Å². The van der Waals surface area contributed by atoms with Gasteiger partial charge in [-0.2, -0.15) is 5.10 Å². The highest BCUT2D eigenvalue weighted by Crippen LogP contribution is 2.38. The number of hydrogen-bond acceptors (Lipinski definition) is 2. The predicted molar refractivity (Wildman–Crippen MR) is 76.7 cm³/mol. The lowest BCUT2D eigenvalue weighted by molar-refractivity contribution is 0.374. The second-order valence-electron chi connectivity index (χ2n) is 4.96. The molecule has 1 aliphatic carbocycles. The van der Waals surface area contributed by atoms with Gasteiger partial charge in [-0.15, -0.1) is 0 Å². The lowest BCUT2D eigenvalue weighted by Gasteiger charge is -2.36.